The van der Waals surface area contributed by atoms with Crippen LogP contribution in [0.3, 0.4) is 0 Å². The van der Waals surface area contributed by atoms with Crippen molar-refractivity contribution < 1.29 is 5.21 Å². The van der Waals surface area contributed by atoms with Crippen LogP contribution >= 0.6 is 0 Å². The number of hydrogen-bond donors (Lipinski definition) is 1. The minimum Gasteiger partial charge on any atom is -0.410 e. The van der Waals surface area contributed by atoms with Crippen molar-refractivity contribution in [3.05, 3.63) is 52.0 Å². The normalized spacial score (nSPS) is 11.1. The van der Waals surface area contributed by atoms with Crippen molar-refractivity contribution in [3.8, 4) is 0 Å². The Bertz CT molecular complexity index is 360. The van der Waals surface area contributed by atoms with Crippen LogP contribution < -0.4 is 10.8 Å². The van der Waals surface area contributed by atoms with Gasteiger partial charge in [-0.15, -0.1) is 0 Å². The average molecular weight is 149 g/mol. The standard InChI is InChI=1S/C8H7NO2/c10-8-4-2-1-3-7(9-11)5-6-8/h1-6,11H/b3-1?,4-2?,6-5?,9-7-. The molecule has 3 nitrogen and oxygen atoms in total. The van der Waals surface area contributed by atoms with E-state index < -0.39 is 0 Å². The van der Waals surface area contributed by atoms with E-state index in [0.29, 0.717) is 5.36 Å². The second-order valence-corrected chi connectivity index (χ2v) is 1.98. The van der Waals surface area contributed by atoms with Gasteiger partial charge in [0.25, 0.3) is 0 Å². The molecular weight excluding hydrogens is 142 g/mol. The van der Waals surface area contributed by atoms with Gasteiger partial charge in [-0.05, 0) is 24.3 Å². The molecule has 0 aromatic heterocycles. The lowest BCUT2D eigenvalue weighted by atomic mass is 10.3. The minimum atomic E-state index is -0.115. The molecule has 0 saturated carbocycles. The molecule has 0 aliphatic carbocycles. The molecule has 0 heterocycles. The van der Waals surface area contributed by atoms with E-state index in [-0.39, 0.29) is 5.43 Å². The van der Waals surface area contributed by atoms with Crippen molar-refractivity contribution >= 4 is 0 Å². The highest BCUT2D eigenvalue weighted by atomic mass is 16.4. The first-order valence-electron chi connectivity index (χ1n) is 3.12. The van der Waals surface area contributed by atoms with E-state index in [1.54, 1.807) is 18.2 Å². The van der Waals surface area contributed by atoms with E-state index in [1.807, 2.05) is 0 Å². The lowest BCUT2D eigenvalue weighted by molar-refractivity contribution is 0.302. The first-order chi connectivity index (χ1) is 5.33. The van der Waals surface area contributed by atoms with Crippen molar-refractivity contribution in [2.24, 2.45) is 5.16 Å². The van der Waals surface area contributed by atoms with E-state index in [9.17, 15) is 4.79 Å². The second-order valence-electron chi connectivity index (χ2n) is 1.98. The molecule has 0 unspecified atom stereocenters. The van der Waals surface area contributed by atoms with Crippen LogP contribution in [0.5, 0.6) is 0 Å². The Hall–Kier alpha value is -1.64. The molecule has 0 aliphatic heterocycles. The van der Waals surface area contributed by atoms with E-state index in [1.165, 1.54) is 18.2 Å². The van der Waals surface area contributed by atoms with Crippen molar-refractivity contribution in [1.29, 1.82) is 0 Å². The molecule has 1 aromatic rings. The summed E-state index contributed by atoms with van der Waals surface area (Å²) in [5.41, 5.74) is -0.115. The maximum atomic E-state index is 10.8. The lowest BCUT2D eigenvalue weighted by Crippen LogP contribution is -2.00. The summed E-state index contributed by atoms with van der Waals surface area (Å²) < 4.78 is 0. The molecule has 1 aromatic carbocycles. The number of nitrogens with zero attached hydrogens (tertiary/aromatic N) is 1. The fraction of sp³-hybridized carbons (Fsp3) is 0. The summed E-state index contributed by atoms with van der Waals surface area (Å²) in [6.45, 7) is 0. The Morgan fingerprint density at radius 1 is 1.09 bits per heavy atom. The third-order valence-corrected chi connectivity index (χ3v) is 1.17. The summed E-state index contributed by atoms with van der Waals surface area (Å²) in [5, 5.41) is 11.6. The SMILES string of the molecule is O=c1cccc/c(=N/O)cc1. The molecule has 3 heteroatoms. The Balaban J connectivity index is 3.43. The van der Waals surface area contributed by atoms with Crippen molar-refractivity contribution in [2.75, 3.05) is 0 Å². The van der Waals surface area contributed by atoms with Gasteiger partial charge in [-0.3, -0.25) is 4.79 Å². The molecule has 0 bridgehead atoms. The monoisotopic (exact) mass is 149 g/mol. The van der Waals surface area contributed by atoms with Gasteiger partial charge in [0.1, 0.15) is 5.36 Å². The van der Waals surface area contributed by atoms with Crippen LogP contribution in [-0.2, 0) is 0 Å². The van der Waals surface area contributed by atoms with Crippen molar-refractivity contribution in [2.45, 2.75) is 0 Å². The van der Waals surface area contributed by atoms with Crippen LogP contribution in [0.4, 0.5) is 0 Å². The van der Waals surface area contributed by atoms with Crippen molar-refractivity contribution in [3.63, 3.8) is 0 Å². The van der Waals surface area contributed by atoms with Gasteiger partial charge in [0.2, 0.25) is 0 Å². The van der Waals surface area contributed by atoms with Gasteiger partial charge in [-0.2, -0.15) is 0 Å². The van der Waals surface area contributed by atoms with Crippen LogP contribution in [0.2, 0.25) is 0 Å². The highest BCUT2D eigenvalue weighted by Crippen LogP contribution is 1.69. The number of rotatable bonds is 0. The van der Waals surface area contributed by atoms with Crippen LogP contribution in [0.25, 0.3) is 0 Å². The summed E-state index contributed by atoms with van der Waals surface area (Å²) in [4.78, 5) is 10.8. The molecule has 11 heavy (non-hydrogen) atoms. The molecule has 0 aliphatic rings. The topological polar surface area (TPSA) is 49.7 Å². The van der Waals surface area contributed by atoms with E-state index in [2.05, 4.69) is 5.16 Å². The summed E-state index contributed by atoms with van der Waals surface area (Å²) in [6, 6.07) is 9.05. The molecule has 0 spiro atoms. The fourth-order valence-corrected chi connectivity index (χ4v) is 0.650. The molecule has 0 fully saturated rings. The lowest BCUT2D eigenvalue weighted by Gasteiger charge is -1.75. The maximum absolute atomic E-state index is 10.8. The largest absolute Gasteiger partial charge is 0.410 e. The van der Waals surface area contributed by atoms with Gasteiger partial charge in [-0.25, -0.2) is 0 Å². The van der Waals surface area contributed by atoms with E-state index >= 15 is 0 Å². The van der Waals surface area contributed by atoms with Crippen LogP contribution in [0.1, 0.15) is 0 Å². The molecular formula is C8H7NO2. The van der Waals surface area contributed by atoms with E-state index in [0.717, 1.165) is 0 Å². The minimum absolute atomic E-state index is 0.115. The van der Waals surface area contributed by atoms with Gasteiger partial charge >= 0.3 is 0 Å². The predicted octanol–water partition coefficient (Wildman–Crippen LogP) is 0.337. The smallest absolute Gasteiger partial charge is 0.178 e. The van der Waals surface area contributed by atoms with Crippen molar-refractivity contribution in [1.82, 2.24) is 0 Å². The highest BCUT2D eigenvalue weighted by molar-refractivity contribution is 5.00. The molecule has 0 radical (unpaired) electrons. The number of hydrogen-bond acceptors (Lipinski definition) is 3. The fourth-order valence-electron chi connectivity index (χ4n) is 0.650. The molecule has 1 rings (SSSR count). The van der Waals surface area contributed by atoms with Gasteiger partial charge in [0.05, 0.1) is 0 Å². The summed E-state index contributed by atoms with van der Waals surface area (Å²) in [6.07, 6.45) is 0. The molecule has 1 N–H and O–H groups in total. The predicted molar refractivity (Wildman–Crippen MR) is 40.1 cm³/mol. The zero-order valence-electron chi connectivity index (χ0n) is 5.77. The highest BCUT2D eigenvalue weighted by Gasteiger charge is 1.76. The van der Waals surface area contributed by atoms with Crippen LogP contribution in [-0.4, -0.2) is 5.21 Å². The van der Waals surface area contributed by atoms with Crippen LogP contribution in [0.15, 0.2) is 46.3 Å². The molecule has 56 valence electrons. The van der Waals surface area contributed by atoms with E-state index in [4.69, 9.17) is 5.21 Å². The van der Waals surface area contributed by atoms with Crippen LogP contribution in [0, 0.1) is 0 Å². The summed E-state index contributed by atoms with van der Waals surface area (Å²) in [7, 11) is 0. The Labute approximate surface area is 63.3 Å². The van der Waals surface area contributed by atoms with Gasteiger partial charge < -0.3 is 5.21 Å². The summed E-state index contributed by atoms with van der Waals surface area (Å²) >= 11 is 0. The van der Waals surface area contributed by atoms with Gasteiger partial charge in [0.15, 0.2) is 5.43 Å². The third kappa shape index (κ3) is 2.21. The Morgan fingerprint density at radius 3 is 2.55 bits per heavy atom. The second kappa shape index (κ2) is 3.51. The zero-order chi connectivity index (χ0) is 8.10. The first-order valence-corrected chi connectivity index (χ1v) is 3.12. The Morgan fingerprint density at radius 2 is 1.82 bits per heavy atom. The Kier molecular flexibility index (Phi) is 2.38. The first kappa shape index (κ1) is 7.47. The molecule has 0 amide bonds. The van der Waals surface area contributed by atoms with Gasteiger partial charge in [-0.1, -0.05) is 17.3 Å². The molecule has 0 saturated heterocycles. The quantitative estimate of drug-likeness (QED) is 0.427. The maximum Gasteiger partial charge on any atom is 0.178 e. The zero-order valence-corrected chi connectivity index (χ0v) is 5.77. The average Bonchev–Trinajstić information content (AvgIpc) is 1.98. The molecule has 0 atom stereocenters. The van der Waals surface area contributed by atoms with Gasteiger partial charge in [0, 0.05) is 0 Å². The summed E-state index contributed by atoms with van der Waals surface area (Å²) in [5.74, 6) is 0. The third-order valence-electron chi connectivity index (χ3n) is 1.17.